The lowest BCUT2D eigenvalue weighted by molar-refractivity contribution is 0.0776. The zero-order valence-electron chi connectivity index (χ0n) is 27.8. The molecule has 2 aliphatic carbocycles. The number of pyridine rings is 2. The number of halogens is 1. The van der Waals surface area contributed by atoms with Crippen LogP contribution in [0.15, 0.2) is 63.9 Å². The summed E-state index contributed by atoms with van der Waals surface area (Å²) in [7, 11) is 1.71. The molecule has 0 unspecified atom stereocenters. The van der Waals surface area contributed by atoms with Gasteiger partial charge >= 0.3 is 5.76 Å². The Morgan fingerprint density at radius 2 is 1.98 bits per heavy atom. The van der Waals surface area contributed by atoms with Gasteiger partial charge in [-0.05, 0) is 109 Å². The van der Waals surface area contributed by atoms with Crippen molar-refractivity contribution in [1.82, 2.24) is 25.1 Å². The van der Waals surface area contributed by atoms with Gasteiger partial charge < -0.3 is 19.4 Å². The Bertz CT molecular complexity index is 2470. The third-order valence-electron chi connectivity index (χ3n) is 11.2. The molecule has 0 spiro atoms. The van der Waals surface area contributed by atoms with Crippen LogP contribution in [0.4, 0.5) is 10.2 Å². The van der Waals surface area contributed by atoms with Crippen molar-refractivity contribution in [2.45, 2.75) is 62.9 Å². The first-order valence-corrected chi connectivity index (χ1v) is 18.3. The van der Waals surface area contributed by atoms with Crippen molar-refractivity contribution in [3.8, 4) is 27.6 Å². The maximum atomic E-state index is 14.3. The molecule has 6 heterocycles. The second-order valence-electron chi connectivity index (χ2n) is 13.9. The third kappa shape index (κ3) is 4.76. The number of aryl methyl sites for hydroxylation is 1. The normalized spacial score (nSPS) is 20.2. The quantitative estimate of drug-likeness (QED) is 0.175. The highest BCUT2D eigenvalue weighted by Gasteiger charge is 2.45. The van der Waals surface area contributed by atoms with E-state index in [4.69, 9.17) is 19.1 Å². The van der Waals surface area contributed by atoms with Crippen molar-refractivity contribution < 1.29 is 18.3 Å². The number of benzene rings is 2. The Morgan fingerprint density at radius 1 is 1.06 bits per heavy atom. The number of fused-ring (bicyclic) bond motifs is 6. The molecule has 2 N–H and O–H groups in total. The predicted octanol–water partition coefficient (Wildman–Crippen LogP) is 7.51. The fourth-order valence-electron chi connectivity index (χ4n) is 8.95. The lowest BCUT2D eigenvalue weighted by Crippen LogP contribution is -2.22. The summed E-state index contributed by atoms with van der Waals surface area (Å²) < 4.78 is 26.5. The van der Waals surface area contributed by atoms with Crippen molar-refractivity contribution >= 4 is 33.1 Å². The van der Waals surface area contributed by atoms with E-state index >= 15 is 0 Å². The molecule has 3 atom stereocenters. The van der Waals surface area contributed by atoms with E-state index in [9.17, 15) is 14.0 Å². The topological polar surface area (TPSA) is 126 Å². The molecule has 0 bridgehead atoms. The first-order chi connectivity index (χ1) is 24.9. The Balaban J connectivity index is 1.15. The second-order valence-corrected chi connectivity index (χ2v) is 14.9. The van der Waals surface area contributed by atoms with Gasteiger partial charge in [-0.1, -0.05) is 18.2 Å². The van der Waals surface area contributed by atoms with E-state index in [1.54, 1.807) is 30.7 Å². The van der Waals surface area contributed by atoms with Gasteiger partial charge in [0.25, 0.3) is 11.8 Å². The summed E-state index contributed by atoms with van der Waals surface area (Å²) in [5.41, 5.74) is 7.79. The number of carbonyl (C=O) groups excluding carboxylic acids is 1. The minimum atomic E-state index is -0.684. The molecule has 1 amide bonds. The van der Waals surface area contributed by atoms with Crippen molar-refractivity contribution in [1.29, 1.82) is 0 Å². The minimum absolute atomic E-state index is 0.0622. The van der Waals surface area contributed by atoms with Gasteiger partial charge in [-0.15, -0.1) is 16.4 Å². The van der Waals surface area contributed by atoms with Gasteiger partial charge in [0.1, 0.15) is 17.4 Å². The molecule has 1 saturated heterocycles. The van der Waals surface area contributed by atoms with Crippen molar-refractivity contribution in [3.63, 3.8) is 0 Å². The van der Waals surface area contributed by atoms with Crippen LogP contribution in [0, 0.1) is 5.82 Å². The third-order valence-corrected chi connectivity index (χ3v) is 12.4. The molecule has 12 heteroatoms. The molecule has 51 heavy (non-hydrogen) atoms. The summed E-state index contributed by atoms with van der Waals surface area (Å²) in [6.45, 7) is 0.668. The maximum Gasteiger partial charge on any atom is 0.434 e. The van der Waals surface area contributed by atoms with Crippen LogP contribution in [0.25, 0.3) is 32.0 Å². The van der Waals surface area contributed by atoms with Crippen LogP contribution in [0.1, 0.15) is 87.7 Å². The number of ether oxygens (including phenoxy) is 1. The number of H-pyrrole nitrogens is 1. The fraction of sp³-hybridized carbons (Fsp3) is 0.308. The predicted molar refractivity (Wildman–Crippen MR) is 191 cm³/mol. The number of hydrogen-bond acceptors (Lipinski definition) is 9. The first kappa shape index (κ1) is 30.5. The van der Waals surface area contributed by atoms with Crippen LogP contribution in [-0.2, 0) is 19.3 Å². The standard InChI is InChI=1S/C39H33FN6O4S/c1-49-29-6-2-4-24-25(29)11-12-26(24)43-36-35-21(13-14-41-36)18-30(51-35)32-31(37-44-45-39(48)50-37)27(17-20-8-7-19-16-22(40)9-10-23(19)20)42-34-28-5-3-15-46(28)38(47)33(32)34/h2,4,6,9-10,13-14,16,18,20,26,28H,3,5,7-8,11-12,15,17H2,1H3,(H,41,43)(H,45,48)/t20-,26+,28+/m0/s1. The molecule has 10 rings (SSSR count). The summed E-state index contributed by atoms with van der Waals surface area (Å²) in [6, 6.07) is 15.2. The van der Waals surface area contributed by atoms with Crippen LogP contribution < -0.4 is 15.8 Å². The molecule has 0 saturated carbocycles. The van der Waals surface area contributed by atoms with Crippen LogP contribution >= 0.6 is 11.3 Å². The number of methoxy groups -OCH3 is 1. The number of aromatic nitrogens is 4. The van der Waals surface area contributed by atoms with E-state index < -0.39 is 5.76 Å². The van der Waals surface area contributed by atoms with Crippen molar-refractivity contribution in [3.05, 3.63) is 110 Å². The molecule has 10 nitrogen and oxygen atoms in total. The molecule has 2 aliphatic heterocycles. The number of nitrogens with one attached hydrogen (secondary N) is 2. The molecule has 4 aromatic heterocycles. The number of rotatable bonds is 7. The monoisotopic (exact) mass is 700 g/mol. The fourth-order valence-corrected chi connectivity index (χ4v) is 10.1. The SMILES string of the molecule is COc1cccc2c1CC[C@H]2Nc1nccc2cc(-c3c4c(nc(C[C@@H]5CCc6cc(F)ccc65)c3-c3n[nH]c(=O)o3)[C@H]3CCCN3C4=O)sc12. The van der Waals surface area contributed by atoms with Crippen LogP contribution in [0.2, 0.25) is 0 Å². The van der Waals surface area contributed by atoms with Gasteiger partial charge in [0.15, 0.2) is 0 Å². The summed E-state index contributed by atoms with van der Waals surface area (Å²) in [5, 5.41) is 11.5. The summed E-state index contributed by atoms with van der Waals surface area (Å²) in [4.78, 5) is 39.6. The number of thiophene rings is 1. The largest absolute Gasteiger partial charge is 0.496 e. The number of amides is 1. The smallest absolute Gasteiger partial charge is 0.434 e. The zero-order chi connectivity index (χ0) is 34.4. The Kier molecular flexibility index (Phi) is 6.92. The highest BCUT2D eigenvalue weighted by atomic mass is 32.1. The molecule has 256 valence electrons. The van der Waals surface area contributed by atoms with Gasteiger partial charge in [0.05, 0.1) is 46.4 Å². The van der Waals surface area contributed by atoms with Gasteiger partial charge in [-0.25, -0.2) is 19.3 Å². The van der Waals surface area contributed by atoms with E-state index in [1.807, 2.05) is 29.2 Å². The first-order valence-electron chi connectivity index (χ1n) is 17.5. The number of hydrogen-bond donors (Lipinski definition) is 2. The molecule has 2 aromatic carbocycles. The Morgan fingerprint density at radius 3 is 2.84 bits per heavy atom. The van der Waals surface area contributed by atoms with Gasteiger partial charge in [0, 0.05) is 23.2 Å². The minimum Gasteiger partial charge on any atom is -0.496 e. The average molecular weight is 701 g/mol. The number of nitrogens with zero attached hydrogens (tertiary/aromatic N) is 4. The van der Waals surface area contributed by atoms with Gasteiger partial charge in [-0.2, -0.15) is 0 Å². The van der Waals surface area contributed by atoms with Crippen LogP contribution in [-0.4, -0.2) is 44.6 Å². The molecular weight excluding hydrogens is 668 g/mol. The summed E-state index contributed by atoms with van der Waals surface area (Å²) >= 11 is 1.56. The lowest BCUT2D eigenvalue weighted by Gasteiger charge is -2.19. The second kappa shape index (κ2) is 11.6. The zero-order valence-corrected chi connectivity index (χ0v) is 28.6. The van der Waals surface area contributed by atoms with Crippen LogP contribution in [0.3, 0.4) is 0 Å². The Hall–Kier alpha value is -5.36. The van der Waals surface area contributed by atoms with Crippen molar-refractivity contribution in [2.75, 3.05) is 19.0 Å². The highest BCUT2D eigenvalue weighted by molar-refractivity contribution is 7.23. The van der Waals surface area contributed by atoms with E-state index in [-0.39, 0.29) is 35.6 Å². The Labute approximate surface area is 295 Å². The van der Waals surface area contributed by atoms with Crippen LogP contribution in [0.5, 0.6) is 5.75 Å². The molecule has 6 aromatic rings. The maximum absolute atomic E-state index is 14.3. The van der Waals surface area contributed by atoms with E-state index in [2.05, 4.69) is 27.6 Å². The summed E-state index contributed by atoms with van der Waals surface area (Å²) in [6.07, 6.45) is 7.52. The molecule has 4 aliphatic rings. The molecule has 0 radical (unpaired) electrons. The molecular formula is C39H33FN6O4S. The van der Waals surface area contributed by atoms with Gasteiger partial charge in [-0.3, -0.25) is 9.78 Å². The van der Waals surface area contributed by atoms with Gasteiger partial charge in [0.2, 0.25) is 0 Å². The van der Waals surface area contributed by atoms with E-state index in [0.29, 0.717) is 35.3 Å². The molecule has 1 fully saturated rings. The van der Waals surface area contributed by atoms with E-state index in [0.717, 1.165) is 81.9 Å². The number of aromatic amines is 1. The average Bonchev–Trinajstić information content (AvgIpc) is 3.99. The lowest BCUT2D eigenvalue weighted by atomic mass is 9.89. The van der Waals surface area contributed by atoms with Crippen molar-refractivity contribution in [2.24, 2.45) is 0 Å². The number of carbonyl (C=O) groups is 1. The van der Waals surface area contributed by atoms with E-state index in [1.165, 1.54) is 17.2 Å². The number of anilines is 1. The summed E-state index contributed by atoms with van der Waals surface area (Å²) in [5.74, 6) is 0.864. The highest BCUT2D eigenvalue weighted by Crippen LogP contribution is 2.51.